The molecule has 1 atom stereocenters. The molecule has 0 spiro atoms. The standard InChI is InChI=1S/C14H10ClNO3/c15-10-3-1-2-8(6-10)13(17)9-4-5-11-12(7-9)19-14(18)16-11/h1-7,13,17H,(H,16,18). The Bertz CT molecular complexity index is 790. The van der Waals surface area contributed by atoms with Crippen LogP contribution < -0.4 is 5.76 Å². The van der Waals surface area contributed by atoms with Gasteiger partial charge in [0.15, 0.2) is 5.58 Å². The number of hydrogen-bond donors (Lipinski definition) is 2. The number of nitrogens with one attached hydrogen (secondary N) is 1. The Morgan fingerprint density at radius 3 is 2.74 bits per heavy atom. The van der Waals surface area contributed by atoms with Gasteiger partial charge in [-0.2, -0.15) is 0 Å². The maximum atomic E-state index is 11.1. The molecule has 0 fully saturated rings. The lowest BCUT2D eigenvalue weighted by Crippen LogP contribution is -1.99. The molecule has 0 bridgehead atoms. The predicted molar refractivity (Wildman–Crippen MR) is 72.3 cm³/mol. The third-order valence-corrected chi connectivity index (χ3v) is 3.16. The first-order chi connectivity index (χ1) is 9.13. The molecule has 2 aromatic carbocycles. The maximum Gasteiger partial charge on any atom is 0.417 e. The second-order valence-corrected chi connectivity index (χ2v) is 4.66. The van der Waals surface area contributed by atoms with E-state index in [4.69, 9.17) is 16.0 Å². The van der Waals surface area contributed by atoms with E-state index in [0.29, 0.717) is 27.2 Å². The predicted octanol–water partition coefficient (Wildman–Crippen LogP) is 2.86. The fourth-order valence-corrected chi connectivity index (χ4v) is 2.20. The summed E-state index contributed by atoms with van der Waals surface area (Å²) in [5, 5.41) is 10.9. The molecule has 0 aliphatic carbocycles. The zero-order valence-corrected chi connectivity index (χ0v) is 10.5. The van der Waals surface area contributed by atoms with Crippen molar-refractivity contribution < 1.29 is 9.52 Å². The summed E-state index contributed by atoms with van der Waals surface area (Å²) in [6.45, 7) is 0. The van der Waals surface area contributed by atoms with Gasteiger partial charge < -0.3 is 9.52 Å². The molecule has 3 aromatic rings. The lowest BCUT2D eigenvalue weighted by molar-refractivity contribution is 0.220. The van der Waals surface area contributed by atoms with Crippen LogP contribution >= 0.6 is 11.6 Å². The molecule has 2 N–H and O–H groups in total. The van der Waals surface area contributed by atoms with E-state index in [9.17, 15) is 9.90 Å². The summed E-state index contributed by atoms with van der Waals surface area (Å²) in [7, 11) is 0. The quantitative estimate of drug-likeness (QED) is 0.756. The summed E-state index contributed by atoms with van der Waals surface area (Å²) in [6.07, 6.45) is -0.816. The molecule has 5 heteroatoms. The summed E-state index contributed by atoms with van der Waals surface area (Å²) >= 11 is 5.90. The minimum absolute atomic E-state index is 0.420. The first-order valence-corrected chi connectivity index (χ1v) is 6.07. The zero-order valence-electron chi connectivity index (χ0n) is 9.76. The second kappa shape index (κ2) is 4.57. The molecular weight excluding hydrogens is 266 g/mol. The van der Waals surface area contributed by atoms with Crippen LogP contribution in [0, 0.1) is 0 Å². The average molecular weight is 276 g/mol. The number of aromatic amines is 1. The van der Waals surface area contributed by atoms with E-state index in [1.54, 1.807) is 42.5 Å². The number of oxazole rings is 1. The molecule has 0 amide bonds. The first-order valence-electron chi connectivity index (χ1n) is 5.70. The molecule has 1 heterocycles. The fourth-order valence-electron chi connectivity index (χ4n) is 2.00. The number of aliphatic hydroxyl groups excluding tert-OH is 1. The summed E-state index contributed by atoms with van der Waals surface area (Å²) in [6, 6.07) is 12.1. The molecule has 19 heavy (non-hydrogen) atoms. The van der Waals surface area contributed by atoms with Crippen molar-refractivity contribution in [2.45, 2.75) is 6.10 Å². The van der Waals surface area contributed by atoms with Gasteiger partial charge in [0, 0.05) is 5.02 Å². The second-order valence-electron chi connectivity index (χ2n) is 4.23. The van der Waals surface area contributed by atoms with Gasteiger partial charge in [-0.3, -0.25) is 4.98 Å². The van der Waals surface area contributed by atoms with Crippen LogP contribution in [0.3, 0.4) is 0 Å². The van der Waals surface area contributed by atoms with Gasteiger partial charge in [-0.1, -0.05) is 29.8 Å². The van der Waals surface area contributed by atoms with Gasteiger partial charge in [0.05, 0.1) is 5.52 Å². The van der Waals surface area contributed by atoms with Crippen molar-refractivity contribution in [3.63, 3.8) is 0 Å². The molecule has 0 saturated carbocycles. The lowest BCUT2D eigenvalue weighted by Gasteiger charge is -2.11. The number of H-pyrrole nitrogens is 1. The highest BCUT2D eigenvalue weighted by Gasteiger charge is 2.12. The molecular formula is C14H10ClNO3. The minimum atomic E-state index is -0.816. The van der Waals surface area contributed by atoms with E-state index in [2.05, 4.69) is 4.98 Å². The van der Waals surface area contributed by atoms with Gasteiger partial charge in [-0.05, 0) is 35.4 Å². The summed E-state index contributed by atoms with van der Waals surface area (Å²) in [5.74, 6) is -0.510. The van der Waals surface area contributed by atoms with Crippen molar-refractivity contribution in [1.29, 1.82) is 0 Å². The zero-order chi connectivity index (χ0) is 13.4. The number of hydrogen-bond acceptors (Lipinski definition) is 3. The number of aliphatic hydroxyl groups is 1. The highest BCUT2D eigenvalue weighted by Crippen LogP contribution is 2.26. The van der Waals surface area contributed by atoms with E-state index in [1.165, 1.54) is 0 Å². The van der Waals surface area contributed by atoms with Gasteiger partial charge in [0.1, 0.15) is 6.10 Å². The van der Waals surface area contributed by atoms with E-state index in [1.807, 2.05) is 0 Å². The minimum Gasteiger partial charge on any atom is -0.408 e. The van der Waals surface area contributed by atoms with Gasteiger partial charge in [-0.25, -0.2) is 4.79 Å². The van der Waals surface area contributed by atoms with Crippen molar-refractivity contribution in [2.75, 3.05) is 0 Å². The van der Waals surface area contributed by atoms with Gasteiger partial charge >= 0.3 is 5.76 Å². The third-order valence-electron chi connectivity index (χ3n) is 2.93. The number of benzene rings is 2. The first kappa shape index (κ1) is 12.0. The molecule has 4 nitrogen and oxygen atoms in total. The van der Waals surface area contributed by atoms with Gasteiger partial charge in [0.25, 0.3) is 0 Å². The SMILES string of the molecule is O=c1[nH]c2ccc(C(O)c3cccc(Cl)c3)cc2o1. The highest BCUT2D eigenvalue weighted by molar-refractivity contribution is 6.30. The highest BCUT2D eigenvalue weighted by atomic mass is 35.5. The van der Waals surface area contributed by atoms with E-state index in [-0.39, 0.29) is 0 Å². The molecule has 3 rings (SSSR count). The average Bonchev–Trinajstić information content (AvgIpc) is 2.76. The van der Waals surface area contributed by atoms with Crippen molar-refractivity contribution in [1.82, 2.24) is 4.98 Å². The van der Waals surface area contributed by atoms with Gasteiger partial charge in [-0.15, -0.1) is 0 Å². The van der Waals surface area contributed by atoms with Crippen LogP contribution in [0.5, 0.6) is 0 Å². The Balaban J connectivity index is 2.05. The van der Waals surface area contributed by atoms with Crippen molar-refractivity contribution >= 4 is 22.7 Å². The molecule has 0 aliphatic heterocycles. The molecule has 0 aliphatic rings. The third kappa shape index (κ3) is 2.28. The van der Waals surface area contributed by atoms with Crippen molar-refractivity contribution in [2.24, 2.45) is 0 Å². The largest absolute Gasteiger partial charge is 0.417 e. The van der Waals surface area contributed by atoms with Crippen LogP contribution in [-0.4, -0.2) is 10.1 Å². The van der Waals surface area contributed by atoms with E-state index in [0.717, 1.165) is 0 Å². The van der Waals surface area contributed by atoms with Crippen LogP contribution in [0.25, 0.3) is 11.1 Å². The lowest BCUT2D eigenvalue weighted by atomic mass is 10.0. The van der Waals surface area contributed by atoms with E-state index < -0.39 is 11.9 Å². The smallest absolute Gasteiger partial charge is 0.408 e. The molecule has 1 aromatic heterocycles. The summed E-state index contributed by atoms with van der Waals surface area (Å²) < 4.78 is 4.97. The molecule has 1 unspecified atom stereocenters. The van der Waals surface area contributed by atoms with Crippen molar-refractivity contribution in [3.8, 4) is 0 Å². The Hall–Kier alpha value is -2.04. The monoisotopic (exact) mass is 275 g/mol. The maximum absolute atomic E-state index is 11.1. The topological polar surface area (TPSA) is 66.2 Å². The van der Waals surface area contributed by atoms with Crippen molar-refractivity contribution in [3.05, 3.63) is 69.2 Å². The molecule has 0 saturated heterocycles. The van der Waals surface area contributed by atoms with Crippen LogP contribution in [-0.2, 0) is 0 Å². The number of halogens is 1. The number of fused-ring (bicyclic) bond motifs is 1. The molecule has 0 radical (unpaired) electrons. The normalized spacial score (nSPS) is 12.7. The Labute approximate surface area is 113 Å². The van der Waals surface area contributed by atoms with E-state index >= 15 is 0 Å². The van der Waals surface area contributed by atoms with Crippen LogP contribution in [0.15, 0.2) is 51.7 Å². The Morgan fingerprint density at radius 1 is 1.16 bits per heavy atom. The van der Waals surface area contributed by atoms with Crippen LogP contribution in [0.4, 0.5) is 0 Å². The Morgan fingerprint density at radius 2 is 1.95 bits per heavy atom. The Kier molecular flexibility index (Phi) is 2.89. The summed E-state index contributed by atoms with van der Waals surface area (Å²) in [4.78, 5) is 13.6. The van der Waals surface area contributed by atoms with Gasteiger partial charge in [0.2, 0.25) is 0 Å². The molecule has 96 valence electrons. The van der Waals surface area contributed by atoms with Crippen LogP contribution in [0.1, 0.15) is 17.2 Å². The summed E-state index contributed by atoms with van der Waals surface area (Å²) in [5.41, 5.74) is 2.35. The number of rotatable bonds is 2. The number of aromatic nitrogens is 1. The van der Waals surface area contributed by atoms with Crippen LogP contribution in [0.2, 0.25) is 5.02 Å². The fraction of sp³-hybridized carbons (Fsp3) is 0.0714.